The number of ether oxygens (including phenoxy) is 1. The van der Waals surface area contributed by atoms with E-state index in [1.807, 2.05) is 13.8 Å². The van der Waals surface area contributed by atoms with E-state index in [1.165, 1.54) is 30.3 Å². The third kappa shape index (κ3) is 5.48. The van der Waals surface area contributed by atoms with E-state index in [2.05, 4.69) is 20.3 Å². The average Bonchev–Trinajstić information content (AvgIpc) is 3.15. The van der Waals surface area contributed by atoms with Gasteiger partial charge < -0.3 is 15.0 Å². The summed E-state index contributed by atoms with van der Waals surface area (Å²) in [5.41, 5.74) is -0.0396. The third-order valence-corrected chi connectivity index (χ3v) is 4.71. The van der Waals surface area contributed by atoms with Gasteiger partial charge in [0.1, 0.15) is 17.3 Å². The Labute approximate surface area is 180 Å². The molecule has 11 heteroatoms. The minimum atomic E-state index is -4.61. The first-order chi connectivity index (χ1) is 14.5. The van der Waals surface area contributed by atoms with Crippen LogP contribution in [0.5, 0.6) is 5.75 Å². The predicted octanol–water partition coefficient (Wildman–Crippen LogP) is 4.85. The molecule has 7 nitrogen and oxygen atoms in total. The Balaban J connectivity index is 1.86. The molecule has 1 amide bonds. The van der Waals surface area contributed by atoms with Gasteiger partial charge in [-0.15, -0.1) is 11.3 Å². The summed E-state index contributed by atoms with van der Waals surface area (Å²) in [5.74, 6) is 0.00894. The number of carbonyl (C=O) groups is 1. The summed E-state index contributed by atoms with van der Waals surface area (Å²) in [5, 5.41) is 4.95. The van der Waals surface area contributed by atoms with E-state index >= 15 is 0 Å². The predicted molar refractivity (Wildman–Crippen MR) is 112 cm³/mol. The molecule has 0 unspecified atom stereocenters. The van der Waals surface area contributed by atoms with Gasteiger partial charge >= 0.3 is 6.18 Å². The first-order valence-corrected chi connectivity index (χ1v) is 10.1. The minimum absolute atomic E-state index is 0.0127. The quantitative estimate of drug-likeness (QED) is 0.577. The van der Waals surface area contributed by atoms with Crippen LogP contribution in [0.2, 0.25) is 0 Å². The zero-order valence-corrected chi connectivity index (χ0v) is 18.0. The van der Waals surface area contributed by atoms with Crippen molar-refractivity contribution in [1.29, 1.82) is 0 Å². The molecule has 0 aliphatic rings. The van der Waals surface area contributed by atoms with Gasteiger partial charge in [0.2, 0.25) is 0 Å². The van der Waals surface area contributed by atoms with Crippen LogP contribution in [0.4, 0.5) is 24.1 Å². The van der Waals surface area contributed by atoms with E-state index in [-0.39, 0.29) is 17.5 Å². The van der Waals surface area contributed by atoms with Crippen LogP contribution in [-0.4, -0.2) is 46.0 Å². The molecule has 0 bridgehead atoms. The Morgan fingerprint density at radius 3 is 2.48 bits per heavy atom. The zero-order chi connectivity index (χ0) is 22.8. The molecule has 31 heavy (non-hydrogen) atoms. The molecule has 0 atom stereocenters. The van der Waals surface area contributed by atoms with Gasteiger partial charge in [0.25, 0.3) is 5.91 Å². The van der Waals surface area contributed by atoms with Crippen molar-refractivity contribution in [2.24, 2.45) is 0 Å². The Kier molecular flexibility index (Phi) is 6.44. The molecular weight excluding hydrogens is 431 g/mol. The lowest BCUT2D eigenvalue weighted by atomic mass is 10.1. The number of aromatic nitrogens is 3. The molecule has 0 aliphatic heterocycles. The van der Waals surface area contributed by atoms with Gasteiger partial charge in [-0.05, 0) is 32.0 Å². The standard InChI is InChI=1S/C20H20F3N5O2S/c1-11(2)30-13-5-6-15(24-9-13)16-10-31-19(26-16)27-17-14(18(29)28(3)4)7-12(8-25-17)20(21,22)23/h5-11H,1-4H3,(H,25,26,27). The van der Waals surface area contributed by atoms with E-state index in [4.69, 9.17) is 4.74 Å². The number of amides is 1. The number of nitrogens with one attached hydrogen (secondary N) is 1. The maximum Gasteiger partial charge on any atom is 0.417 e. The minimum Gasteiger partial charge on any atom is -0.489 e. The molecule has 0 aliphatic carbocycles. The highest BCUT2D eigenvalue weighted by Gasteiger charge is 2.33. The van der Waals surface area contributed by atoms with Crippen molar-refractivity contribution in [2.45, 2.75) is 26.1 Å². The lowest BCUT2D eigenvalue weighted by Gasteiger charge is -2.15. The van der Waals surface area contributed by atoms with Crippen molar-refractivity contribution in [1.82, 2.24) is 19.9 Å². The topological polar surface area (TPSA) is 80.2 Å². The number of anilines is 2. The van der Waals surface area contributed by atoms with Crippen molar-refractivity contribution < 1.29 is 22.7 Å². The Morgan fingerprint density at radius 2 is 1.90 bits per heavy atom. The number of nitrogens with zero attached hydrogens (tertiary/aromatic N) is 4. The normalized spacial score (nSPS) is 11.5. The highest BCUT2D eigenvalue weighted by Crippen LogP contribution is 2.33. The first-order valence-electron chi connectivity index (χ1n) is 9.19. The van der Waals surface area contributed by atoms with Crippen LogP contribution in [0.3, 0.4) is 0 Å². The fourth-order valence-electron chi connectivity index (χ4n) is 2.55. The van der Waals surface area contributed by atoms with Crippen LogP contribution in [0.25, 0.3) is 11.4 Å². The molecule has 0 fully saturated rings. The van der Waals surface area contributed by atoms with E-state index in [9.17, 15) is 18.0 Å². The molecule has 1 N–H and O–H groups in total. The highest BCUT2D eigenvalue weighted by molar-refractivity contribution is 7.14. The third-order valence-electron chi connectivity index (χ3n) is 3.95. The summed E-state index contributed by atoms with van der Waals surface area (Å²) in [4.78, 5) is 26.1. The lowest BCUT2D eigenvalue weighted by molar-refractivity contribution is -0.137. The second-order valence-corrected chi connectivity index (χ2v) is 7.88. The fraction of sp³-hybridized carbons (Fsp3) is 0.300. The van der Waals surface area contributed by atoms with E-state index < -0.39 is 17.6 Å². The van der Waals surface area contributed by atoms with Crippen LogP contribution in [-0.2, 0) is 6.18 Å². The molecule has 3 heterocycles. The van der Waals surface area contributed by atoms with Crippen LogP contribution in [0.15, 0.2) is 36.0 Å². The molecule has 0 spiro atoms. The second kappa shape index (κ2) is 8.88. The van der Waals surface area contributed by atoms with Crippen molar-refractivity contribution in [3.05, 3.63) is 47.1 Å². The van der Waals surface area contributed by atoms with Crippen LogP contribution in [0, 0.1) is 0 Å². The molecule has 0 saturated carbocycles. The van der Waals surface area contributed by atoms with Gasteiger partial charge in [-0.3, -0.25) is 9.78 Å². The number of hydrogen-bond acceptors (Lipinski definition) is 7. The molecular formula is C20H20F3N5O2S. The molecule has 0 saturated heterocycles. The Bertz CT molecular complexity index is 1070. The van der Waals surface area contributed by atoms with Gasteiger partial charge in [0.05, 0.1) is 29.1 Å². The van der Waals surface area contributed by atoms with Crippen LogP contribution < -0.4 is 10.1 Å². The number of pyridine rings is 2. The summed E-state index contributed by atoms with van der Waals surface area (Å²) in [6, 6.07) is 4.31. The SMILES string of the molecule is CC(C)Oc1ccc(-c2csc(Nc3ncc(C(F)(F)F)cc3C(=O)N(C)C)n2)nc1. The van der Waals surface area contributed by atoms with Crippen LogP contribution in [0.1, 0.15) is 29.8 Å². The molecule has 3 aromatic rings. The summed E-state index contributed by atoms with van der Waals surface area (Å²) in [6.07, 6.45) is -2.32. The Hall–Kier alpha value is -3.21. The smallest absolute Gasteiger partial charge is 0.417 e. The molecule has 0 radical (unpaired) electrons. The van der Waals surface area contributed by atoms with Crippen molar-refractivity contribution >= 4 is 28.2 Å². The van der Waals surface area contributed by atoms with E-state index in [1.54, 1.807) is 23.7 Å². The van der Waals surface area contributed by atoms with Gasteiger partial charge in [-0.2, -0.15) is 13.2 Å². The van der Waals surface area contributed by atoms with Crippen molar-refractivity contribution in [3.63, 3.8) is 0 Å². The molecule has 164 valence electrons. The summed E-state index contributed by atoms with van der Waals surface area (Å²) in [7, 11) is 2.90. The largest absolute Gasteiger partial charge is 0.489 e. The maximum atomic E-state index is 13.1. The maximum absolute atomic E-state index is 13.1. The Morgan fingerprint density at radius 1 is 1.16 bits per heavy atom. The monoisotopic (exact) mass is 451 g/mol. The zero-order valence-electron chi connectivity index (χ0n) is 17.2. The molecule has 3 aromatic heterocycles. The summed E-state index contributed by atoms with van der Waals surface area (Å²) < 4.78 is 44.8. The van der Waals surface area contributed by atoms with Gasteiger partial charge in [-0.1, -0.05) is 0 Å². The number of rotatable bonds is 6. The second-order valence-electron chi connectivity index (χ2n) is 7.03. The fourth-order valence-corrected chi connectivity index (χ4v) is 3.25. The number of halogens is 3. The first kappa shape index (κ1) is 22.5. The molecule has 0 aromatic carbocycles. The number of carbonyl (C=O) groups excluding carboxylic acids is 1. The van der Waals surface area contributed by atoms with Crippen LogP contribution >= 0.6 is 11.3 Å². The van der Waals surface area contributed by atoms with Crippen molar-refractivity contribution in [3.8, 4) is 17.1 Å². The number of thiazole rings is 1. The summed E-state index contributed by atoms with van der Waals surface area (Å²) >= 11 is 1.21. The molecule has 3 rings (SSSR count). The van der Waals surface area contributed by atoms with E-state index in [0.717, 1.165) is 6.07 Å². The highest BCUT2D eigenvalue weighted by atomic mass is 32.1. The van der Waals surface area contributed by atoms with E-state index in [0.29, 0.717) is 28.5 Å². The van der Waals surface area contributed by atoms with Gasteiger partial charge in [0, 0.05) is 25.7 Å². The number of alkyl halides is 3. The summed E-state index contributed by atoms with van der Waals surface area (Å²) in [6.45, 7) is 3.83. The van der Waals surface area contributed by atoms with Crippen molar-refractivity contribution in [2.75, 3.05) is 19.4 Å². The lowest BCUT2D eigenvalue weighted by Crippen LogP contribution is -2.24. The van der Waals surface area contributed by atoms with Gasteiger partial charge in [0.15, 0.2) is 5.13 Å². The number of hydrogen-bond donors (Lipinski definition) is 1. The van der Waals surface area contributed by atoms with Gasteiger partial charge in [-0.25, -0.2) is 9.97 Å². The average molecular weight is 451 g/mol.